The van der Waals surface area contributed by atoms with E-state index >= 15 is 0 Å². The van der Waals surface area contributed by atoms with Crippen molar-refractivity contribution in [1.82, 2.24) is 15.2 Å². The zero-order valence-corrected chi connectivity index (χ0v) is 17.5. The van der Waals surface area contributed by atoms with Crippen LogP contribution in [0.2, 0.25) is 0 Å². The molecule has 1 unspecified atom stereocenters. The Morgan fingerprint density at radius 3 is 2.34 bits per heavy atom. The fraction of sp³-hybridized carbons (Fsp3) is 0.400. The molecule has 1 N–H and O–H groups in total. The molecular weight excluding hydrogens is 449 g/mol. The maximum absolute atomic E-state index is 12.7. The molecule has 1 saturated heterocycles. The van der Waals surface area contributed by atoms with Crippen molar-refractivity contribution in [2.45, 2.75) is 19.1 Å². The summed E-state index contributed by atoms with van der Waals surface area (Å²) >= 11 is 3.39. The summed E-state index contributed by atoms with van der Waals surface area (Å²) in [4.78, 5) is 20.3. The van der Waals surface area contributed by atoms with Gasteiger partial charge in [0.1, 0.15) is 5.82 Å². The second-order valence-corrected chi connectivity index (χ2v) is 7.92. The van der Waals surface area contributed by atoms with Crippen LogP contribution in [0, 0.1) is 0 Å². The number of hydrogen-bond acceptors (Lipinski definition) is 4. The number of alkyl halides is 3. The molecule has 1 aromatic heterocycles. The third kappa shape index (κ3) is 5.93. The standard InChI is InChI=1S/C20H22BrF3N4O/c1-14(15-2-5-17(21)6-3-15)26-19(29)13-27-8-10-28(11-9-27)18-7-4-16(12-25-18)20(22,23)24/h2-7,12,14H,8-11,13H2,1H3,(H,26,29). The first kappa shape index (κ1) is 21.6. The molecule has 1 aromatic carbocycles. The van der Waals surface area contributed by atoms with Crippen LogP contribution in [0.25, 0.3) is 0 Å². The predicted molar refractivity (Wildman–Crippen MR) is 109 cm³/mol. The van der Waals surface area contributed by atoms with E-state index in [1.807, 2.05) is 41.0 Å². The first-order chi connectivity index (χ1) is 13.7. The largest absolute Gasteiger partial charge is 0.417 e. The minimum absolute atomic E-state index is 0.0541. The lowest BCUT2D eigenvalue weighted by molar-refractivity contribution is -0.137. The maximum Gasteiger partial charge on any atom is 0.417 e. The number of benzene rings is 1. The Morgan fingerprint density at radius 1 is 1.14 bits per heavy atom. The number of nitrogens with zero attached hydrogens (tertiary/aromatic N) is 3. The molecular formula is C20H22BrF3N4O. The van der Waals surface area contributed by atoms with Crippen LogP contribution in [0.15, 0.2) is 47.1 Å². The van der Waals surface area contributed by atoms with E-state index in [0.717, 1.165) is 22.3 Å². The zero-order chi connectivity index (χ0) is 21.0. The van der Waals surface area contributed by atoms with E-state index in [1.165, 1.54) is 6.07 Å². The van der Waals surface area contributed by atoms with Gasteiger partial charge in [-0.2, -0.15) is 13.2 Å². The fourth-order valence-corrected chi connectivity index (χ4v) is 3.47. The van der Waals surface area contributed by atoms with Gasteiger partial charge in [0.05, 0.1) is 18.2 Å². The molecule has 29 heavy (non-hydrogen) atoms. The van der Waals surface area contributed by atoms with E-state index in [-0.39, 0.29) is 18.5 Å². The second-order valence-electron chi connectivity index (χ2n) is 7.01. The number of halogens is 4. The number of piperazine rings is 1. The van der Waals surface area contributed by atoms with Crippen molar-refractivity contribution in [3.05, 3.63) is 58.2 Å². The second kappa shape index (κ2) is 9.13. The lowest BCUT2D eigenvalue weighted by Crippen LogP contribution is -2.49. The van der Waals surface area contributed by atoms with Crippen molar-refractivity contribution in [1.29, 1.82) is 0 Å². The van der Waals surface area contributed by atoms with Crippen molar-refractivity contribution < 1.29 is 18.0 Å². The minimum atomic E-state index is -4.38. The Hall–Kier alpha value is -2.13. The average Bonchev–Trinajstić information content (AvgIpc) is 2.68. The zero-order valence-electron chi connectivity index (χ0n) is 15.9. The van der Waals surface area contributed by atoms with Gasteiger partial charge in [-0.1, -0.05) is 28.1 Å². The molecule has 156 valence electrons. The molecule has 2 heterocycles. The number of aromatic nitrogens is 1. The molecule has 1 aliphatic rings. The summed E-state index contributed by atoms with van der Waals surface area (Å²) in [6.07, 6.45) is -3.52. The molecule has 1 atom stereocenters. The van der Waals surface area contributed by atoms with E-state index in [1.54, 1.807) is 0 Å². The lowest BCUT2D eigenvalue weighted by atomic mass is 10.1. The van der Waals surface area contributed by atoms with Gasteiger partial charge in [-0.3, -0.25) is 9.69 Å². The lowest BCUT2D eigenvalue weighted by Gasteiger charge is -2.35. The predicted octanol–water partition coefficient (Wildman–Crippen LogP) is 3.86. The maximum atomic E-state index is 12.7. The van der Waals surface area contributed by atoms with Gasteiger partial charge in [0.2, 0.25) is 5.91 Å². The summed E-state index contributed by atoms with van der Waals surface area (Å²) in [6.45, 7) is 4.72. The summed E-state index contributed by atoms with van der Waals surface area (Å²) < 4.78 is 38.9. The van der Waals surface area contributed by atoms with Crippen LogP contribution in [0.4, 0.5) is 19.0 Å². The smallest absolute Gasteiger partial charge is 0.354 e. The van der Waals surface area contributed by atoms with E-state index in [4.69, 9.17) is 0 Å². The molecule has 0 saturated carbocycles. The van der Waals surface area contributed by atoms with Crippen molar-refractivity contribution >= 4 is 27.7 Å². The van der Waals surface area contributed by atoms with Crippen LogP contribution in [0.3, 0.4) is 0 Å². The minimum Gasteiger partial charge on any atom is -0.354 e. The number of rotatable bonds is 5. The third-order valence-electron chi connectivity index (χ3n) is 4.89. The topological polar surface area (TPSA) is 48.5 Å². The molecule has 1 aliphatic heterocycles. The molecule has 1 fully saturated rings. The van der Waals surface area contributed by atoms with Gasteiger partial charge < -0.3 is 10.2 Å². The van der Waals surface area contributed by atoms with Crippen LogP contribution < -0.4 is 10.2 Å². The monoisotopic (exact) mass is 470 g/mol. The molecule has 5 nitrogen and oxygen atoms in total. The first-order valence-electron chi connectivity index (χ1n) is 9.28. The Kier molecular flexibility index (Phi) is 6.79. The van der Waals surface area contributed by atoms with Crippen LogP contribution >= 0.6 is 15.9 Å². The Labute approximate surface area is 176 Å². The molecule has 0 radical (unpaired) electrons. The summed E-state index contributed by atoms with van der Waals surface area (Å²) in [5.74, 6) is 0.465. The average molecular weight is 471 g/mol. The first-order valence-corrected chi connectivity index (χ1v) is 10.1. The van der Waals surface area contributed by atoms with Crippen LogP contribution in [-0.2, 0) is 11.0 Å². The van der Waals surface area contributed by atoms with Gasteiger partial charge in [-0.15, -0.1) is 0 Å². The molecule has 0 aliphatic carbocycles. The number of carbonyl (C=O) groups is 1. The molecule has 1 amide bonds. The number of hydrogen-bond donors (Lipinski definition) is 1. The summed E-state index contributed by atoms with van der Waals surface area (Å²) in [7, 11) is 0. The van der Waals surface area contributed by atoms with Crippen LogP contribution in [0.1, 0.15) is 24.1 Å². The van der Waals surface area contributed by atoms with Crippen molar-refractivity contribution in [2.24, 2.45) is 0 Å². The van der Waals surface area contributed by atoms with Gasteiger partial charge in [0.25, 0.3) is 0 Å². The number of nitrogens with one attached hydrogen (secondary N) is 1. The van der Waals surface area contributed by atoms with Crippen molar-refractivity contribution in [3.8, 4) is 0 Å². The van der Waals surface area contributed by atoms with E-state index in [0.29, 0.717) is 32.0 Å². The summed E-state index contributed by atoms with van der Waals surface area (Å²) in [5, 5.41) is 3.00. The van der Waals surface area contributed by atoms with Gasteiger partial charge in [0, 0.05) is 36.8 Å². The highest BCUT2D eigenvalue weighted by Gasteiger charge is 2.31. The Balaban J connectivity index is 1.46. The number of amides is 1. The Morgan fingerprint density at radius 2 is 1.79 bits per heavy atom. The highest BCUT2D eigenvalue weighted by atomic mass is 79.9. The highest BCUT2D eigenvalue weighted by Crippen LogP contribution is 2.29. The fourth-order valence-electron chi connectivity index (χ4n) is 3.20. The molecule has 3 rings (SSSR count). The van der Waals surface area contributed by atoms with Gasteiger partial charge in [-0.05, 0) is 36.8 Å². The molecule has 0 bridgehead atoms. The Bertz CT molecular complexity index is 819. The SMILES string of the molecule is CC(NC(=O)CN1CCN(c2ccc(C(F)(F)F)cn2)CC1)c1ccc(Br)cc1. The summed E-state index contributed by atoms with van der Waals surface area (Å²) in [5.41, 5.74) is 0.274. The summed E-state index contributed by atoms with van der Waals surface area (Å²) in [6, 6.07) is 10.2. The van der Waals surface area contributed by atoms with Gasteiger partial charge in [-0.25, -0.2) is 4.98 Å². The van der Waals surface area contributed by atoms with E-state index in [9.17, 15) is 18.0 Å². The quantitative estimate of drug-likeness (QED) is 0.720. The number of pyridine rings is 1. The number of anilines is 1. The molecule has 2 aromatic rings. The molecule has 0 spiro atoms. The third-order valence-corrected chi connectivity index (χ3v) is 5.41. The van der Waals surface area contributed by atoms with Crippen molar-refractivity contribution in [2.75, 3.05) is 37.6 Å². The highest BCUT2D eigenvalue weighted by molar-refractivity contribution is 9.10. The number of carbonyl (C=O) groups excluding carboxylic acids is 1. The van der Waals surface area contributed by atoms with Crippen molar-refractivity contribution in [3.63, 3.8) is 0 Å². The van der Waals surface area contributed by atoms with E-state index < -0.39 is 11.7 Å². The van der Waals surface area contributed by atoms with Gasteiger partial charge in [0.15, 0.2) is 0 Å². The van der Waals surface area contributed by atoms with Crippen LogP contribution in [-0.4, -0.2) is 48.5 Å². The molecule has 9 heteroatoms. The van der Waals surface area contributed by atoms with Crippen LogP contribution in [0.5, 0.6) is 0 Å². The normalized spacial score (nSPS) is 16.5. The van der Waals surface area contributed by atoms with Gasteiger partial charge >= 0.3 is 6.18 Å². The van der Waals surface area contributed by atoms with E-state index in [2.05, 4.69) is 26.2 Å².